The Morgan fingerprint density at radius 3 is 2.55 bits per heavy atom. The maximum Gasteiger partial charge on any atom is 0.237 e. The Morgan fingerprint density at radius 1 is 1.40 bits per heavy atom. The normalized spacial score (nSPS) is 27.1. The molecular formula is C15H31N3OS. The highest BCUT2D eigenvalue weighted by Gasteiger charge is 2.24. The van der Waals surface area contributed by atoms with Crippen LogP contribution in [-0.4, -0.2) is 54.5 Å². The second kappa shape index (κ2) is 8.90. The largest absolute Gasteiger partial charge is 0.351 e. The van der Waals surface area contributed by atoms with Crippen LogP contribution in [0.3, 0.4) is 0 Å². The summed E-state index contributed by atoms with van der Waals surface area (Å²) < 4.78 is 0. The standard InChI is InChI=1S/C15H31N3OS/c1-11-7-12(2)9-18(8-11)10-13(3)17-15(19)14(16)5-6-20-4/h11-14H,5-10,16H2,1-4H3,(H,17,19)/t11?,12?,13?,14-/m0/s1. The summed E-state index contributed by atoms with van der Waals surface area (Å²) in [7, 11) is 0. The predicted octanol–water partition coefficient (Wildman–Crippen LogP) is 1.55. The zero-order valence-corrected chi connectivity index (χ0v) is 14.2. The van der Waals surface area contributed by atoms with E-state index in [0.29, 0.717) is 0 Å². The second-order valence-corrected chi connectivity index (χ2v) is 7.45. The van der Waals surface area contributed by atoms with Crippen molar-refractivity contribution in [2.24, 2.45) is 17.6 Å². The van der Waals surface area contributed by atoms with Gasteiger partial charge in [-0.3, -0.25) is 4.79 Å². The molecule has 1 heterocycles. The number of rotatable bonds is 7. The zero-order valence-electron chi connectivity index (χ0n) is 13.4. The van der Waals surface area contributed by atoms with Crippen LogP contribution in [0.25, 0.3) is 0 Å². The minimum Gasteiger partial charge on any atom is -0.351 e. The molecule has 1 fully saturated rings. The zero-order chi connectivity index (χ0) is 15.1. The van der Waals surface area contributed by atoms with E-state index in [-0.39, 0.29) is 18.0 Å². The molecular weight excluding hydrogens is 270 g/mol. The van der Waals surface area contributed by atoms with Gasteiger partial charge in [-0.25, -0.2) is 0 Å². The Kier molecular flexibility index (Phi) is 7.92. The first kappa shape index (κ1) is 17.8. The van der Waals surface area contributed by atoms with Gasteiger partial charge in [0.1, 0.15) is 0 Å². The van der Waals surface area contributed by atoms with Crippen molar-refractivity contribution in [2.45, 2.75) is 45.7 Å². The summed E-state index contributed by atoms with van der Waals surface area (Å²) in [5.74, 6) is 2.44. The van der Waals surface area contributed by atoms with E-state index in [2.05, 4.69) is 31.0 Å². The Bertz CT molecular complexity index is 291. The molecule has 0 spiro atoms. The first-order valence-corrected chi connectivity index (χ1v) is 9.09. The first-order valence-electron chi connectivity index (χ1n) is 7.69. The van der Waals surface area contributed by atoms with Gasteiger partial charge in [-0.15, -0.1) is 0 Å². The van der Waals surface area contributed by atoms with Crippen molar-refractivity contribution < 1.29 is 4.79 Å². The first-order chi connectivity index (χ1) is 9.42. The average molecular weight is 302 g/mol. The fourth-order valence-corrected chi connectivity index (χ4v) is 3.59. The maximum absolute atomic E-state index is 12.0. The van der Waals surface area contributed by atoms with Gasteiger partial charge in [0.05, 0.1) is 6.04 Å². The molecule has 0 aromatic carbocycles. The smallest absolute Gasteiger partial charge is 0.237 e. The molecule has 1 amide bonds. The van der Waals surface area contributed by atoms with E-state index < -0.39 is 0 Å². The number of thioether (sulfide) groups is 1. The van der Waals surface area contributed by atoms with E-state index in [1.165, 1.54) is 6.42 Å². The second-order valence-electron chi connectivity index (χ2n) is 6.46. The molecule has 3 unspecified atom stereocenters. The molecule has 1 aliphatic rings. The van der Waals surface area contributed by atoms with E-state index in [9.17, 15) is 4.79 Å². The molecule has 0 radical (unpaired) electrons. The van der Waals surface area contributed by atoms with Crippen molar-refractivity contribution in [3.63, 3.8) is 0 Å². The van der Waals surface area contributed by atoms with Gasteiger partial charge in [0.2, 0.25) is 5.91 Å². The number of carbonyl (C=O) groups is 1. The molecule has 0 aromatic heterocycles. The molecule has 1 aliphatic heterocycles. The summed E-state index contributed by atoms with van der Waals surface area (Å²) in [5, 5.41) is 3.05. The minimum absolute atomic E-state index is 0.00958. The topological polar surface area (TPSA) is 58.4 Å². The van der Waals surface area contributed by atoms with Crippen LogP contribution < -0.4 is 11.1 Å². The quantitative estimate of drug-likeness (QED) is 0.749. The van der Waals surface area contributed by atoms with Crippen LogP contribution in [0.5, 0.6) is 0 Å². The number of nitrogens with two attached hydrogens (primary N) is 1. The van der Waals surface area contributed by atoms with E-state index in [1.807, 2.05) is 6.26 Å². The molecule has 1 saturated heterocycles. The Morgan fingerprint density at radius 2 is 2.00 bits per heavy atom. The van der Waals surface area contributed by atoms with Crippen molar-refractivity contribution >= 4 is 17.7 Å². The molecule has 0 saturated carbocycles. The summed E-state index contributed by atoms with van der Waals surface area (Å²) in [4.78, 5) is 14.4. The molecule has 4 nitrogen and oxygen atoms in total. The summed E-state index contributed by atoms with van der Waals surface area (Å²) in [6, 6.07) is -0.204. The number of likely N-dealkylation sites (tertiary alicyclic amines) is 1. The van der Waals surface area contributed by atoms with E-state index in [1.54, 1.807) is 11.8 Å². The third kappa shape index (κ3) is 6.46. The molecule has 0 aromatic rings. The summed E-state index contributed by atoms with van der Waals surface area (Å²) in [6.45, 7) is 9.90. The number of nitrogens with one attached hydrogen (secondary N) is 1. The van der Waals surface area contributed by atoms with Crippen molar-refractivity contribution in [1.29, 1.82) is 0 Å². The van der Waals surface area contributed by atoms with Crippen LogP contribution >= 0.6 is 11.8 Å². The lowest BCUT2D eigenvalue weighted by molar-refractivity contribution is -0.123. The van der Waals surface area contributed by atoms with Gasteiger partial charge in [-0.2, -0.15) is 11.8 Å². The fourth-order valence-electron chi connectivity index (χ4n) is 3.10. The molecule has 4 atom stereocenters. The van der Waals surface area contributed by atoms with Crippen molar-refractivity contribution in [3.05, 3.63) is 0 Å². The van der Waals surface area contributed by atoms with Gasteiger partial charge in [0, 0.05) is 25.7 Å². The van der Waals surface area contributed by atoms with Crippen molar-refractivity contribution in [2.75, 3.05) is 31.6 Å². The van der Waals surface area contributed by atoms with Gasteiger partial charge < -0.3 is 16.0 Å². The van der Waals surface area contributed by atoms with Gasteiger partial charge in [-0.05, 0) is 43.6 Å². The van der Waals surface area contributed by atoms with Crippen LogP contribution in [0.4, 0.5) is 0 Å². The maximum atomic E-state index is 12.0. The number of carbonyl (C=O) groups excluding carboxylic acids is 1. The van der Waals surface area contributed by atoms with E-state index in [4.69, 9.17) is 5.73 Å². The molecule has 3 N–H and O–H groups in total. The lowest BCUT2D eigenvalue weighted by Crippen LogP contribution is -2.50. The van der Waals surface area contributed by atoms with E-state index >= 15 is 0 Å². The van der Waals surface area contributed by atoms with Gasteiger partial charge in [-0.1, -0.05) is 13.8 Å². The van der Waals surface area contributed by atoms with Gasteiger partial charge in [0.25, 0.3) is 0 Å². The molecule has 118 valence electrons. The average Bonchev–Trinajstić information content (AvgIpc) is 2.34. The highest BCUT2D eigenvalue weighted by molar-refractivity contribution is 7.98. The van der Waals surface area contributed by atoms with Crippen LogP contribution in [0.2, 0.25) is 0 Å². The van der Waals surface area contributed by atoms with Gasteiger partial charge >= 0.3 is 0 Å². The monoisotopic (exact) mass is 301 g/mol. The third-order valence-electron chi connectivity index (χ3n) is 3.83. The summed E-state index contributed by atoms with van der Waals surface area (Å²) >= 11 is 1.73. The lowest BCUT2D eigenvalue weighted by atomic mass is 9.92. The predicted molar refractivity (Wildman–Crippen MR) is 88.0 cm³/mol. The fraction of sp³-hybridized carbons (Fsp3) is 0.933. The number of hydrogen-bond donors (Lipinski definition) is 2. The number of hydrogen-bond acceptors (Lipinski definition) is 4. The Labute approximate surface area is 128 Å². The molecule has 5 heteroatoms. The molecule has 1 rings (SSSR count). The SMILES string of the molecule is CSCC[C@H](N)C(=O)NC(C)CN1CC(C)CC(C)C1. The number of nitrogens with zero attached hydrogens (tertiary/aromatic N) is 1. The van der Waals surface area contributed by atoms with E-state index in [0.717, 1.165) is 43.6 Å². The molecule has 20 heavy (non-hydrogen) atoms. The Balaban J connectivity index is 2.31. The highest BCUT2D eigenvalue weighted by Crippen LogP contribution is 2.20. The molecule has 0 aliphatic carbocycles. The number of amides is 1. The van der Waals surface area contributed by atoms with Crippen LogP contribution in [0.15, 0.2) is 0 Å². The third-order valence-corrected chi connectivity index (χ3v) is 4.48. The van der Waals surface area contributed by atoms with Crippen molar-refractivity contribution in [1.82, 2.24) is 10.2 Å². The lowest BCUT2D eigenvalue weighted by Gasteiger charge is -2.36. The van der Waals surface area contributed by atoms with Crippen molar-refractivity contribution in [3.8, 4) is 0 Å². The molecule has 0 bridgehead atoms. The van der Waals surface area contributed by atoms with Crippen LogP contribution in [-0.2, 0) is 4.79 Å². The Hall–Kier alpha value is -0.260. The van der Waals surface area contributed by atoms with Gasteiger partial charge in [0.15, 0.2) is 0 Å². The summed E-state index contributed by atoms with van der Waals surface area (Å²) in [6.07, 6.45) is 4.10. The van der Waals surface area contributed by atoms with Crippen LogP contribution in [0.1, 0.15) is 33.6 Å². The minimum atomic E-state index is -0.371. The summed E-state index contributed by atoms with van der Waals surface area (Å²) in [5.41, 5.74) is 5.89. The highest BCUT2D eigenvalue weighted by atomic mass is 32.2. The number of piperidine rings is 1. The van der Waals surface area contributed by atoms with Crippen LogP contribution in [0, 0.1) is 11.8 Å².